The maximum Gasteiger partial charge on any atom is 0.229 e. The summed E-state index contributed by atoms with van der Waals surface area (Å²) in [5.41, 5.74) is 4.66. The van der Waals surface area contributed by atoms with Crippen LogP contribution in [-0.4, -0.2) is 49.5 Å². The molecule has 0 aliphatic heterocycles. The highest BCUT2D eigenvalue weighted by Gasteiger charge is 2.12. The first-order chi connectivity index (χ1) is 15.6. The van der Waals surface area contributed by atoms with Crippen LogP contribution in [-0.2, 0) is 0 Å². The van der Waals surface area contributed by atoms with Gasteiger partial charge >= 0.3 is 0 Å². The first-order valence-corrected chi connectivity index (χ1v) is 11.8. The van der Waals surface area contributed by atoms with Crippen LogP contribution in [0.3, 0.4) is 0 Å². The predicted octanol–water partition coefficient (Wildman–Crippen LogP) is 5.41. The summed E-state index contributed by atoms with van der Waals surface area (Å²) in [6.07, 6.45) is 3.70. The van der Waals surface area contributed by atoms with Gasteiger partial charge < -0.3 is 19.4 Å². The van der Waals surface area contributed by atoms with Crippen molar-refractivity contribution in [2.24, 2.45) is 5.10 Å². The zero-order chi connectivity index (χ0) is 24.4. The average molecular weight is 449 g/mol. The molecule has 8 heteroatoms. The van der Waals surface area contributed by atoms with Gasteiger partial charge in [-0.1, -0.05) is 41.5 Å². The molecular formula is C24H44N6O2. The minimum Gasteiger partial charge on any atom is -0.476 e. The first kappa shape index (κ1) is 29.4. The summed E-state index contributed by atoms with van der Waals surface area (Å²) >= 11 is 0. The fourth-order valence-electron chi connectivity index (χ4n) is 2.61. The number of aryl methyl sites for hydroxylation is 2. The van der Waals surface area contributed by atoms with E-state index in [0.717, 1.165) is 43.8 Å². The number of hydrogen-bond acceptors (Lipinski definition) is 8. The summed E-state index contributed by atoms with van der Waals surface area (Å²) in [5.74, 6) is 2.68. The largest absolute Gasteiger partial charge is 0.476 e. The Morgan fingerprint density at radius 1 is 1.06 bits per heavy atom. The van der Waals surface area contributed by atoms with Crippen molar-refractivity contribution in [3.63, 3.8) is 0 Å². The second-order valence-corrected chi connectivity index (χ2v) is 6.59. The van der Waals surface area contributed by atoms with Crippen molar-refractivity contribution in [2.75, 3.05) is 43.6 Å². The van der Waals surface area contributed by atoms with E-state index < -0.39 is 0 Å². The number of nitrogens with zero attached hydrogens (tertiary/aromatic N) is 4. The van der Waals surface area contributed by atoms with Crippen molar-refractivity contribution in [3.05, 3.63) is 29.2 Å². The molecule has 0 bridgehead atoms. The maximum atomic E-state index is 5.78. The smallest absolute Gasteiger partial charge is 0.229 e. The molecule has 0 saturated carbocycles. The Morgan fingerprint density at radius 2 is 1.72 bits per heavy atom. The predicted molar refractivity (Wildman–Crippen MR) is 136 cm³/mol. The highest BCUT2D eigenvalue weighted by Crippen LogP contribution is 2.18. The molecule has 2 N–H and O–H groups in total. The lowest BCUT2D eigenvalue weighted by molar-refractivity contribution is 0.306. The fourth-order valence-corrected chi connectivity index (χ4v) is 2.61. The van der Waals surface area contributed by atoms with E-state index in [-0.39, 0.29) is 0 Å². The lowest BCUT2D eigenvalue weighted by Gasteiger charge is -2.22. The van der Waals surface area contributed by atoms with Crippen molar-refractivity contribution >= 4 is 18.0 Å². The highest BCUT2D eigenvalue weighted by molar-refractivity contribution is 5.78. The molecule has 2 heterocycles. The number of rotatable bonds is 12. The van der Waals surface area contributed by atoms with Crippen molar-refractivity contribution in [3.8, 4) is 5.88 Å². The second-order valence-electron chi connectivity index (χ2n) is 6.59. The Morgan fingerprint density at radius 3 is 2.25 bits per heavy atom. The van der Waals surface area contributed by atoms with Gasteiger partial charge in [-0.15, -0.1) is 0 Å². The molecule has 0 saturated heterocycles. The van der Waals surface area contributed by atoms with E-state index in [9.17, 15) is 0 Å². The zero-order valence-corrected chi connectivity index (χ0v) is 21.6. The highest BCUT2D eigenvalue weighted by atomic mass is 16.5. The molecule has 0 aliphatic carbocycles. The second kappa shape index (κ2) is 18.0. The molecule has 2 aromatic rings. The molecule has 0 fully saturated rings. The number of hydrazone groups is 1. The topological polar surface area (TPSA) is 87.8 Å². The standard InChI is InChI=1S/C20H32N6O2.2C2H6/c1-6-9-26(10-7-2)20-23-17(13-18(24-20)27-11-8-21-5)14-22-25-19-12-15(3)16(4)28-19;2*1-2/h12-14,21,25H,6-11H2,1-5H3;2*1-2H3/b22-14+;;. The fraction of sp³-hybridized carbons (Fsp3) is 0.625. The van der Waals surface area contributed by atoms with E-state index in [2.05, 4.69) is 44.6 Å². The van der Waals surface area contributed by atoms with Gasteiger partial charge in [0.15, 0.2) is 0 Å². The van der Waals surface area contributed by atoms with Crippen LogP contribution < -0.4 is 20.4 Å². The van der Waals surface area contributed by atoms with Crippen molar-refractivity contribution < 1.29 is 9.15 Å². The van der Waals surface area contributed by atoms with Gasteiger partial charge in [-0.2, -0.15) is 10.1 Å². The summed E-state index contributed by atoms with van der Waals surface area (Å²) in [6, 6.07) is 3.70. The van der Waals surface area contributed by atoms with E-state index in [0.29, 0.717) is 30.0 Å². The third kappa shape index (κ3) is 10.6. The van der Waals surface area contributed by atoms with Crippen LogP contribution in [0.2, 0.25) is 0 Å². The molecule has 0 aromatic carbocycles. The quantitative estimate of drug-likeness (QED) is 0.255. The molecule has 0 aliphatic rings. The van der Waals surface area contributed by atoms with E-state index in [1.54, 1.807) is 12.3 Å². The van der Waals surface area contributed by atoms with Gasteiger partial charge in [0.25, 0.3) is 0 Å². The Balaban J connectivity index is 0.00000227. The number of aromatic nitrogens is 2. The molecule has 182 valence electrons. The Labute approximate surface area is 194 Å². The monoisotopic (exact) mass is 448 g/mol. The van der Waals surface area contributed by atoms with E-state index in [1.807, 2.05) is 54.7 Å². The van der Waals surface area contributed by atoms with Crippen LogP contribution in [0.25, 0.3) is 0 Å². The third-order valence-corrected chi connectivity index (χ3v) is 4.12. The lowest BCUT2D eigenvalue weighted by atomic mass is 10.3. The molecule has 2 aromatic heterocycles. The number of likely N-dealkylation sites (N-methyl/N-ethyl adjacent to an activating group) is 1. The Kier molecular flexibility index (Phi) is 16.5. The van der Waals surface area contributed by atoms with Crippen LogP contribution in [0, 0.1) is 13.8 Å². The Bertz CT molecular complexity index is 735. The number of ether oxygens (including phenoxy) is 1. The van der Waals surface area contributed by atoms with Crippen molar-refractivity contribution in [1.29, 1.82) is 0 Å². The summed E-state index contributed by atoms with van der Waals surface area (Å²) in [5, 5.41) is 7.31. The molecule has 8 nitrogen and oxygen atoms in total. The van der Waals surface area contributed by atoms with Crippen LogP contribution in [0.5, 0.6) is 5.88 Å². The Hall–Kier alpha value is -2.61. The number of anilines is 2. The third-order valence-electron chi connectivity index (χ3n) is 4.12. The normalized spacial score (nSPS) is 10.2. The van der Waals surface area contributed by atoms with Gasteiger partial charge in [-0.25, -0.2) is 10.4 Å². The van der Waals surface area contributed by atoms with E-state index in [1.165, 1.54) is 0 Å². The number of nitrogens with one attached hydrogen (secondary N) is 2. The average Bonchev–Trinajstić information content (AvgIpc) is 3.13. The van der Waals surface area contributed by atoms with E-state index >= 15 is 0 Å². The molecule has 0 amide bonds. The SMILES string of the molecule is CC.CC.CCCN(CCC)c1nc(/C=N/Nc2cc(C)c(C)o2)cc(OCCNC)n1. The van der Waals surface area contributed by atoms with Gasteiger partial charge in [0.1, 0.15) is 12.4 Å². The molecule has 2 rings (SSSR count). The van der Waals surface area contributed by atoms with Gasteiger partial charge in [0, 0.05) is 31.8 Å². The van der Waals surface area contributed by atoms with Crippen molar-refractivity contribution in [1.82, 2.24) is 15.3 Å². The van der Waals surface area contributed by atoms with Crippen LogP contribution in [0.1, 0.15) is 71.4 Å². The molecule has 0 radical (unpaired) electrons. The summed E-state index contributed by atoms with van der Waals surface area (Å²) in [7, 11) is 1.89. The number of furan rings is 1. The summed E-state index contributed by atoms with van der Waals surface area (Å²) in [4.78, 5) is 11.4. The zero-order valence-electron chi connectivity index (χ0n) is 21.6. The van der Waals surface area contributed by atoms with Crippen LogP contribution >= 0.6 is 0 Å². The lowest BCUT2D eigenvalue weighted by Crippen LogP contribution is -2.27. The molecule has 0 unspecified atom stereocenters. The molecule has 0 atom stereocenters. The summed E-state index contributed by atoms with van der Waals surface area (Å²) in [6.45, 7) is 19.3. The maximum absolute atomic E-state index is 5.78. The van der Waals surface area contributed by atoms with Gasteiger partial charge in [0.05, 0.1) is 11.9 Å². The molecular weight excluding hydrogens is 404 g/mol. The van der Waals surface area contributed by atoms with E-state index in [4.69, 9.17) is 9.15 Å². The minimum absolute atomic E-state index is 0.536. The van der Waals surface area contributed by atoms with Gasteiger partial charge in [0.2, 0.25) is 17.7 Å². The van der Waals surface area contributed by atoms with Gasteiger partial charge in [-0.3, -0.25) is 0 Å². The summed E-state index contributed by atoms with van der Waals surface area (Å²) < 4.78 is 11.3. The van der Waals surface area contributed by atoms with Crippen LogP contribution in [0.4, 0.5) is 11.8 Å². The first-order valence-electron chi connectivity index (χ1n) is 11.8. The van der Waals surface area contributed by atoms with Gasteiger partial charge in [-0.05, 0) is 39.3 Å². The minimum atomic E-state index is 0.536. The van der Waals surface area contributed by atoms with Crippen molar-refractivity contribution in [2.45, 2.75) is 68.2 Å². The molecule has 32 heavy (non-hydrogen) atoms. The number of hydrogen-bond donors (Lipinski definition) is 2. The van der Waals surface area contributed by atoms with Crippen LogP contribution in [0.15, 0.2) is 21.7 Å². The molecule has 0 spiro atoms.